The van der Waals surface area contributed by atoms with Gasteiger partial charge >= 0.3 is 0 Å². The Morgan fingerprint density at radius 2 is 1.73 bits per heavy atom. The number of hydrogen-bond acceptors (Lipinski definition) is 8. The molecule has 0 atom stereocenters. The van der Waals surface area contributed by atoms with E-state index in [0.717, 1.165) is 12.1 Å². The average molecular weight is 556 g/mol. The minimum atomic E-state index is -2.52. The number of rotatable bonds is 6. The summed E-state index contributed by atoms with van der Waals surface area (Å²) < 4.78 is 50.8. The second kappa shape index (κ2) is 10.2. The molecule has 2 fully saturated rings. The number of carbonyl (C=O) groups excluding carboxylic acids is 1. The fourth-order valence-electron chi connectivity index (χ4n) is 5.02. The lowest BCUT2D eigenvalue weighted by molar-refractivity contribution is -0.122. The number of fused-ring (bicyclic) bond motifs is 1. The van der Waals surface area contributed by atoms with Crippen molar-refractivity contribution in [2.45, 2.75) is 50.6 Å². The molecule has 1 amide bonds. The van der Waals surface area contributed by atoms with Crippen LogP contribution in [0.25, 0.3) is 11.2 Å². The van der Waals surface area contributed by atoms with Crippen molar-refractivity contribution >= 4 is 56.8 Å². The summed E-state index contributed by atoms with van der Waals surface area (Å²) in [5, 5.41) is 5.97. The smallest absolute Gasteiger partial charge is 0.224 e. The molecular formula is C23H28ClF2N7O3S. The monoisotopic (exact) mass is 555 g/mol. The van der Waals surface area contributed by atoms with Crippen LogP contribution in [0.3, 0.4) is 0 Å². The van der Waals surface area contributed by atoms with Crippen molar-refractivity contribution in [3.63, 3.8) is 0 Å². The van der Waals surface area contributed by atoms with Gasteiger partial charge in [-0.15, -0.1) is 0 Å². The van der Waals surface area contributed by atoms with Crippen LogP contribution in [0, 0.1) is 17.6 Å². The van der Waals surface area contributed by atoms with Crippen LogP contribution in [0.1, 0.15) is 44.6 Å². The van der Waals surface area contributed by atoms with Crippen molar-refractivity contribution in [3.05, 3.63) is 35.0 Å². The highest BCUT2D eigenvalue weighted by Crippen LogP contribution is 2.44. The summed E-state index contributed by atoms with van der Waals surface area (Å²) in [4.78, 5) is 25.2. The average Bonchev–Trinajstić information content (AvgIpc) is 3.20. The van der Waals surface area contributed by atoms with Gasteiger partial charge in [-0.2, -0.15) is 15.6 Å². The molecule has 0 unspecified atom stereocenters. The number of carbonyl (C=O) groups is 1. The third kappa shape index (κ3) is 5.59. The number of halogens is 3. The molecule has 2 aliphatic rings. The van der Waals surface area contributed by atoms with E-state index in [1.54, 1.807) is 4.57 Å². The molecule has 1 saturated heterocycles. The number of primary amides is 1. The highest BCUT2D eigenvalue weighted by atomic mass is 35.5. The lowest BCUT2D eigenvalue weighted by Gasteiger charge is -2.39. The molecule has 1 saturated carbocycles. The predicted molar refractivity (Wildman–Crippen MR) is 139 cm³/mol. The first-order chi connectivity index (χ1) is 17.6. The van der Waals surface area contributed by atoms with E-state index in [1.165, 1.54) is 6.20 Å². The van der Waals surface area contributed by atoms with Crippen molar-refractivity contribution in [2.24, 2.45) is 11.7 Å². The molecule has 6 N–H and O–H groups in total. The number of amides is 1. The lowest BCUT2D eigenvalue weighted by atomic mass is 9.85. The highest BCUT2D eigenvalue weighted by Gasteiger charge is 2.30. The second-order valence-electron chi connectivity index (χ2n) is 9.61. The third-order valence-corrected chi connectivity index (χ3v) is 9.06. The molecule has 0 spiro atoms. The number of imidazole rings is 1. The Kier molecular flexibility index (Phi) is 7.14. The van der Waals surface area contributed by atoms with Crippen LogP contribution in [-0.4, -0.2) is 52.1 Å². The summed E-state index contributed by atoms with van der Waals surface area (Å²) in [7, 11) is -2.52. The van der Waals surface area contributed by atoms with Crippen LogP contribution in [0.2, 0.25) is 5.02 Å². The third-order valence-electron chi connectivity index (χ3n) is 7.06. The van der Waals surface area contributed by atoms with Gasteiger partial charge < -0.3 is 16.4 Å². The molecule has 0 radical (unpaired) electrons. The number of nitrogens with two attached hydrogens (primary N) is 1. The van der Waals surface area contributed by atoms with Crippen LogP contribution in [0.5, 0.6) is 0 Å². The molecule has 0 bridgehead atoms. The molecule has 1 aliphatic carbocycles. The van der Waals surface area contributed by atoms with Crippen molar-refractivity contribution in [1.29, 1.82) is 0 Å². The number of benzene rings is 1. The number of nitrogens with one attached hydrogen (secondary N) is 2. The maximum atomic E-state index is 14.6. The van der Waals surface area contributed by atoms with Gasteiger partial charge in [0, 0.05) is 34.5 Å². The Morgan fingerprint density at radius 3 is 2.35 bits per heavy atom. The zero-order valence-corrected chi connectivity index (χ0v) is 21.4. The topological polar surface area (TPSA) is 151 Å². The Hall–Kier alpha value is -2.74. The SMILES string of the molecule is NC(=O)C1CCC(n2c(Nc3c(F)cc(Cl)cc3F)nc3cnc(NC4CCS(O)(O)CC4)nc32)CC1. The first-order valence-corrected chi connectivity index (χ1v) is 14.3. The van der Waals surface area contributed by atoms with Gasteiger partial charge in [0.05, 0.1) is 6.20 Å². The van der Waals surface area contributed by atoms with E-state index >= 15 is 0 Å². The van der Waals surface area contributed by atoms with E-state index in [1.807, 2.05) is 0 Å². The molecule has 10 nitrogen and oxygen atoms in total. The van der Waals surface area contributed by atoms with Crippen LogP contribution >= 0.6 is 22.2 Å². The summed E-state index contributed by atoms with van der Waals surface area (Å²) in [5.74, 6) is -1.11. The second-order valence-corrected chi connectivity index (χ2v) is 12.5. The van der Waals surface area contributed by atoms with E-state index in [2.05, 4.69) is 25.6 Å². The van der Waals surface area contributed by atoms with Crippen LogP contribution < -0.4 is 16.4 Å². The maximum Gasteiger partial charge on any atom is 0.224 e. The number of anilines is 3. The summed E-state index contributed by atoms with van der Waals surface area (Å²) in [6.45, 7) is 0. The van der Waals surface area contributed by atoms with E-state index in [4.69, 9.17) is 17.3 Å². The van der Waals surface area contributed by atoms with Gasteiger partial charge in [-0.3, -0.25) is 18.5 Å². The van der Waals surface area contributed by atoms with Gasteiger partial charge in [0.15, 0.2) is 17.3 Å². The Morgan fingerprint density at radius 1 is 1.08 bits per heavy atom. The molecule has 200 valence electrons. The molecule has 37 heavy (non-hydrogen) atoms. The quantitative estimate of drug-likeness (QED) is 0.283. The van der Waals surface area contributed by atoms with Crippen molar-refractivity contribution in [1.82, 2.24) is 19.5 Å². The summed E-state index contributed by atoms with van der Waals surface area (Å²) in [6.07, 6.45) is 5.04. The van der Waals surface area contributed by atoms with Crippen molar-refractivity contribution < 1.29 is 22.7 Å². The minimum Gasteiger partial charge on any atom is -0.369 e. The van der Waals surface area contributed by atoms with Crippen molar-refractivity contribution in [2.75, 3.05) is 22.1 Å². The van der Waals surface area contributed by atoms with Crippen LogP contribution in [0.15, 0.2) is 18.3 Å². The van der Waals surface area contributed by atoms with Gasteiger partial charge in [-0.05, 0) is 50.7 Å². The predicted octanol–water partition coefficient (Wildman–Crippen LogP) is 5.04. The minimum absolute atomic E-state index is 0.0189. The normalized spacial score (nSPS) is 23.1. The molecule has 1 aliphatic heterocycles. The molecule has 14 heteroatoms. The Bertz CT molecular complexity index is 1300. The fourth-order valence-corrected chi connectivity index (χ4v) is 6.74. The molecule has 5 rings (SSSR count). The molecule has 3 aromatic rings. The largest absolute Gasteiger partial charge is 0.369 e. The zero-order valence-electron chi connectivity index (χ0n) is 19.8. The summed E-state index contributed by atoms with van der Waals surface area (Å²) in [5.41, 5.74) is 6.01. The molecule has 2 aromatic heterocycles. The van der Waals surface area contributed by atoms with Gasteiger partial charge in [0.1, 0.15) is 11.2 Å². The number of nitrogens with zero attached hydrogens (tertiary/aromatic N) is 4. The van der Waals surface area contributed by atoms with Gasteiger partial charge in [-0.25, -0.2) is 18.7 Å². The van der Waals surface area contributed by atoms with E-state index < -0.39 is 22.2 Å². The first-order valence-electron chi connectivity index (χ1n) is 12.1. The van der Waals surface area contributed by atoms with Crippen LogP contribution in [0.4, 0.5) is 26.4 Å². The maximum absolute atomic E-state index is 14.6. The first kappa shape index (κ1) is 25.9. The van der Waals surface area contributed by atoms with Crippen molar-refractivity contribution in [3.8, 4) is 0 Å². The lowest BCUT2D eigenvalue weighted by Crippen LogP contribution is -2.31. The Labute approximate surface area is 218 Å². The van der Waals surface area contributed by atoms with Gasteiger partial charge in [0.2, 0.25) is 17.8 Å². The number of hydrogen-bond donors (Lipinski definition) is 5. The molecule has 3 heterocycles. The van der Waals surface area contributed by atoms with Gasteiger partial charge in [0.25, 0.3) is 0 Å². The van der Waals surface area contributed by atoms with Gasteiger partial charge in [-0.1, -0.05) is 11.6 Å². The van der Waals surface area contributed by atoms with E-state index in [-0.39, 0.29) is 40.6 Å². The summed E-state index contributed by atoms with van der Waals surface area (Å²) in [6, 6.07) is 1.86. The molecular weight excluding hydrogens is 528 g/mol. The summed E-state index contributed by atoms with van der Waals surface area (Å²) >= 11 is 5.78. The van der Waals surface area contributed by atoms with E-state index in [0.29, 0.717) is 67.1 Å². The fraction of sp³-hybridized carbons (Fsp3) is 0.478. The highest BCUT2D eigenvalue weighted by molar-refractivity contribution is 8.24. The zero-order chi connectivity index (χ0) is 26.3. The van der Waals surface area contributed by atoms with E-state index in [9.17, 15) is 22.7 Å². The standard InChI is InChI=1S/C23H28ClF2N7O3S/c24-13-9-16(25)19(17(26)10-13)31-23-30-18-11-28-22(29-14-5-7-37(35,36)8-6-14)32-21(18)33(23)15-3-1-12(2-4-15)20(27)34/h9-12,14-15,35-36H,1-8H2,(H2,27,34)(H,30,31)(H,28,29,32). The number of aromatic nitrogens is 4. The molecule has 1 aromatic carbocycles. The Balaban J connectivity index is 1.49. The van der Waals surface area contributed by atoms with Crippen LogP contribution in [-0.2, 0) is 4.79 Å².